The smallest absolute Gasteiger partial charge is 0.218 e. The van der Waals surface area contributed by atoms with Gasteiger partial charge in [-0.1, -0.05) is 77.8 Å². The van der Waals surface area contributed by atoms with Crippen LogP contribution in [0.25, 0.3) is 0 Å². The van der Waals surface area contributed by atoms with Gasteiger partial charge < -0.3 is 14.2 Å². The molecule has 0 N–H and O–H groups in total. The molecule has 0 amide bonds. The van der Waals surface area contributed by atoms with Crippen molar-refractivity contribution in [3.05, 3.63) is 106 Å². The van der Waals surface area contributed by atoms with E-state index in [9.17, 15) is 0 Å². The Morgan fingerprint density at radius 3 is 2.00 bits per heavy atom. The first-order valence-electron chi connectivity index (χ1n) is 10.1. The van der Waals surface area contributed by atoms with Crippen LogP contribution >= 0.6 is 23.2 Å². The molecule has 1 saturated heterocycles. The second-order valence-corrected chi connectivity index (χ2v) is 8.56. The van der Waals surface area contributed by atoms with Crippen LogP contribution in [-0.4, -0.2) is 31.8 Å². The van der Waals surface area contributed by atoms with Crippen LogP contribution in [0.4, 0.5) is 0 Å². The molecule has 3 aromatic carbocycles. The van der Waals surface area contributed by atoms with Crippen LogP contribution in [0, 0.1) is 0 Å². The fourth-order valence-corrected chi connectivity index (χ4v) is 4.46. The zero-order valence-corrected chi connectivity index (χ0v) is 18.4. The van der Waals surface area contributed by atoms with E-state index in [1.165, 1.54) is 0 Å². The standard InChI is InChI=1S/C25H21Cl2NO3/c1-29-15-21-22(16-5-3-2-4-6-16)30-24(28-21)23-25(31-23,17-7-11-19(26)12-8-17)18-9-13-20(27)14-10-18/h2-14,21-23H,15H2,1H3/t21-,22-,23+/m0/s1. The Balaban J connectivity index is 1.51. The summed E-state index contributed by atoms with van der Waals surface area (Å²) in [4.78, 5) is 4.87. The summed E-state index contributed by atoms with van der Waals surface area (Å²) in [5.41, 5.74) is 2.34. The molecule has 0 unspecified atom stereocenters. The highest BCUT2D eigenvalue weighted by Gasteiger charge is 2.64. The van der Waals surface area contributed by atoms with E-state index in [0.717, 1.165) is 16.7 Å². The third-order valence-electron chi connectivity index (χ3n) is 5.74. The van der Waals surface area contributed by atoms with Gasteiger partial charge in [0.05, 0.1) is 6.61 Å². The molecule has 0 saturated carbocycles. The van der Waals surface area contributed by atoms with Crippen molar-refractivity contribution in [1.82, 2.24) is 0 Å². The van der Waals surface area contributed by atoms with Crippen LogP contribution in [0.3, 0.4) is 0 Å². The summed E-state index contributed by atoms with van der Waals surface area (Å²) in [5.74, 6) is 0.584. The molecular formula is C25H21Cl2NO3. The number of nitrogens with zero attached hydrogens (tertiary/aromatic N) is 1. The zero-order valence-electron chi connectivity index (χ0n) is 16.9. The van der Waals surface area contributed by atoms with Gasteiger partial charge in [-0.25, -0.2) is 4.99 Å². The van der Waals surface area contributed by atoms with E-state index < -0.39 is 5.60 Å². The molecule has 31 heavy (non-hydrogen) atoms. The predicted molar refractivity (Wildman–Crippen MR) is 122 cm³/mol. The van der Waals surface area contributed by atoms with E-state index in [-0.39, 0.29) is 18.2 Å². The number of ether oxygens (including phenoxy) is 3. The Kier molecular flexibility index (Phi) is 5.49. The minimum Gasteiger partial charge on any atom is -0.468 e. The second-order valence-electron chi connectivity index (χ2n) is 7.69. The molecule has 4 nitrogen and oxygen atoms in total. The topological polar surface area (TPSA) is 43.3 Å². The van der Waals surface area contributed by atoms with Gasteiger partial charge in [-0.3, -0.25) is 0 Å². The summed E-state index contributed by atoms with van der Waals surface area (Å²) < 4.78 is 18.2. The van der Waals surface area contributed by atoms with Gasteiger partial charge in [0, 0.05) is 17.2 Å². The van der Waals surface area contributed by atoms with Crippen molar-refractivity contribution in [2.45, 2.75) is 23.9 Å². The SMILES string of the molecule is COC[C@@H]1N=C([C@H]2OC2(c2ccc(Cl)cc2)c2ccc(Cl)cc2)O[C@H]1c1ccccc1. The number of hydrogen-bond donors (Lipinski definition) is 0. The molecule has 158 valence electrons. The van der Waals surface area contributed by atoms with Crippen LogP contribution < -0.4 is 0 Å². The number of benzene rings is 3. The van der Waals surface area contributed by atoms with Crippen LogP contribution in [0.5, 0.6) is 0 Å². The van der Waals surface area contributed by atoms with E-state index in [1.54, 1.807) is 7.11 Å². The average molecular weight is 454 g/mol. The molecule has 2 aliphatic heterocycles. The van der Waals surface area contributed by atoms with Crippen molar-refractivity contribution < 1.29 is 14.2 Å². The van der Waals surface area contributed by atoms with Gasteiger partial charge in [-0.15, -0.1) is 0 Å². The maximum absolute atomic E-state index is 6.38. The molecule has 0 spiro atoms. The van der Waals surface area contributed by atoms with Gasteiger partial charge in [0.15, 0.2) is 11.7 Å². The van der Waals surface area contributed by atoms with Gasteiger partial charge in [0.2, 0.25) is 5.90 Å². The molecular weight excluding hydrogens is 433 g/mol. The lowest BCUT2D eigenvalue weighted by Crippen LogP contribution is -2.22. The van der Waals surface area contributed by atoms with Crippen LogP contribution in [0.1, 0.15) is 22.8 Å². The number of rotatable bonds is 6. The molecule has 0 aliphatic carbocycles. The minimum atomic E-state index is -0.697. The monoisotopic (exact) mass is 453 g/mol. The van der Waals surface area contributed by atoms with E-state index in [2.05, 4.69) is 0 Å². The normalized spacial score (nSPS) is 23.8. The van der Waals surface area contributed by atoms with E-state index in [0.29, 0.717) is 22.5 Å². The number of halogens is 2. The lowest BCUT2D eigenvalue weighted by Gasteiger charge is -2.18. The molecule has 3 aromatic rings. The maximum atomic E-state index is 6.38. The number of aliphatic imine (C=N–C) groups is 1. The minimum absolute atomic E-state index is 0.139. The Morgan fingerprint density at radius 1 is 0.871 bits per heavy atom. The zero-order chi connectivity index (χ0) is 21.4. The first kappa shape index (κ1) is 20.5. The van der Waals surface area contributed by atoms with Crippen LogP contribution in [0.2, 0.25) is 10.0 Å². The van der Waals surface area contributed by atoms with Crippen molar-refractivity contribution in [2.24, 2.45) is 4.99 Å². The second kappa shape index (κ2) is 8.29. The molecule has 0 radical (unpaired) electrons. The molecule has 1 fully saturated rings. The Labute approximate surface area is 191 Å². The fourth-order valence-electron chi connectivity index (χ4n) is 4.20. The predicted octanol–water partition coefficient (Wildman–Crippen LogP) is 5.82. The third-order valence-corrected chi connectivity index (χ3v) is 6.25. The number of epoxide rings is 1. The first-order chi connectivity index (χ1) is 15.1. The molecule has 3 atom stereocenters. The van der Waals surface area contributed by atoms with Crippen molar-refractivity contribution >= 4 is 29.1 Å². The maximum Gasteiger partial charge on any atom is 0.218 e. The highest BCUT2D eigenvalue weighted by molar-refractivity contribution is 6.30. The molecule has 5 rings (SSSR count). The van der Waals surface area contributed by atoms with Gasteiger partial charge in [-0.2, -0.15) is 0 Å². The molecule has 2 heterocycles. The summed E-state index contributed by atoms with van der Waals surface area (Å²) in [7, 11) is 1.68. The Morgan fingerprint density at radius 2 is 1.45 bits per heavy atom. The third kappa shape index (κ3) is 3.74. The van der Waals surface area contributed by atoms with Crippen molar-refractivity contribution in [1.29, 1.82) is 0 Å². The molecule has 0 aromatic heterocycles. The fraction of sp³-hybridized carbons (Fsp3) is 0.240. The Bertz CT molecular complexity index is 1040. The highest BCUT2D eigenvalue weighted by atomic mass is 35.5. The van der Waals surface area contributed by atoms with E-state index >= 15 is 0 Å². The summed E-state index contributed by atoms with van der Waals surface area (Å²) in [6, 6.07) is 25.3. The van der Waals surface area contributed by atoms with Crippen LogP contribution in [0.15, 0.2) is 83.9 Å². The summed E-state index contributed by atoms with van der Waals surface area (Å²) in [5, 5.41) is 1.34. The summed E-state index contributed by atoms with van der Waals surface area (Å²) >= 11 is 12.3. The summed E-state index contributed by atoms with van der Waals surface area (Å²) in [6.45, 7) is 0.463. The van der Waals surface area contributed by atoms with E-state index in [4.69, 9.17) is 42.4 Å². The average Bonchev–Trinajstić information content (AvgIpc) is 3.41. The molecule has 6 heteroatoms. The molecule has 2 aliphatic rings. The first-order valence-corrected chi connectivity index (χ1v) is 10.9. The van der Waals surface area contributed by atoms with Gasteiger partial charge >= 0.3 is 0 Å². The molecule has 0 bridgehead atoms. The van der Waals surface area contributed by atoms with E-state index in [1.807, 2.05) is 78.9 Å². The van der Waals surface area contributed by atoms with Crippen LogP contribution in [-0.2, 0) is 19.8 Å². The number of hydrogen-bond acceptors (Lipinski definition) is 4. The van der Waals surface area contributed by atoms with Crippen molar-refractivity contribution in [3.63, 3.8) is 0 Å². The Hall–Kier alpha value is -2.37. The van der Waals surface area contributed by atoms with Crippen molar-refractivity contribution in [3.8, 4) is 0 Å². The number of methoxy groups -OCH3 is 1. The van der Waals surface area contributed by atoms with Gasteiger partial charge in [0.25, 0.3) is 0 Å². The van der Waals surface area contributed by atoms with Gasteiger partial charge in [-0.05, 0) is 41.0 Å². The largest absolute Gasteiger partial charge is 0.468 e. The highest BCUT2D eigenvalue weighted by Crippen LogP contribution is 2.54. The lowest BCUT2D eigenvalue weighted by molar-refractivity contribution is 0.118. The van der Waals surface area contributed by atoms with Crippen molar-refractivity contribution in [2.75, 3.05) is 13.7 Å². The lowest BCUT2D eigenvalue weighted by atomic mass is 9.88. The quantitative estimate of drug-likeness (QED) is 0.441. The van der Waals surface area contributed by atoms with Gasteiger partial charge in [0.1, 0.15) is 12.1 Å². The summed E-state index contributed by atoms with van der Waals surface area (Å²) in [6.07, 6.45) is -0.559.